The first kappa shape index (κ1) is 21.8. The topological polar surface area (TPSA) is 59.5 Å². The lowest BCUT2D eigenvalue weighted by Crippen LogP contribution is -2.41. The Kier molecular flexibility index (Phi) is 6.05. The second kappa shape index (κ2) is 8.60. The highest BCUT2D eigenvalue weighted by Gasteiger charge is 2.33. The van der Waals surface area contributed by atoms with Crippen LogP contribution in [0, 0.1) is 17.3 Å². The fourth-order valence-electron chi connectivity index (χ4n) is 5.07. The number of nitrogens with zero attached hydrogens (tertiary/aromatic N) is 2. The third-order valence-corrected chi connectivity index (χ3v) is 7.02. The number of para-hydroxylation sites is 1. The second-order valence-corrected chi connectivity index (χ2v) is 10.4. The molecule has 0 spiro atoms. The first-order chi connectivity index (χ1) is 14.7. The van der Waals surface area contributed by atoms with Gasteiger partial charge in [-0.15, -0.1) is 0 Å². The average Bonchev–Trinajstić information content (AvgIpc) is 2.74. The summed E-state index contributed by atoms with van der Waals surface area (Å²) in [6, 6.07) is 7.76. The van der Waals surface area contributed by atoms with Gasteiger partial charge in [-0.3, -0.25) is 9.78 Å². The van der Waals surface area contributed by atoms with Crippen LogP contribution in [0.2, 0.25) is 0 Å². The van der Waals surface area contributed by atoms with E-state index in [1.807, 2.05) is 29.2 Å². The van der Waals surface area contributed by atoms with Crippen molar-refractivity contribution < 1.29 is 14.3 Å². The molecule has 5 heteroatoms. The molecule has 166 valence electrons. The van der Waals surface area contributed by atoms with Crippen molar-refractivity contribution in [3.05, 3.63) is 41.1 Å². The number of hydrogen-bond acceptors (Lipinski definition) is 4. The number of rotatable bonds is 3. The third kappa shape index (κ3) is 4.60. The van der Waals surface area contributed by atoms with Crippen molar-refractivity contribution in [3.8, 4) is 0 Å². The van der Waals surface area contributed by atoms with Gasteiger partial charge in [0.2, 0.25) is 0 Å². The molecule has 1 aromatic heterocycles. The van der Waals surface area contributed by atoms with Crippen LogP contribution in [-0.2, 0) is 22.4 Å². The zero-order valence-corrected chi connectivity index (χ0v) is 19.2. The predicted octanol–water partition coefficient (Wildman–Crippen LogP) is 4.80. The van der Waals surface area contributed by atoms with Crippen LogP contribution < -0.4 is 0 Å². The fraction of sp³-hybridized carbons (Fsp3) is 0.577. The lowest BCUT2D eigenvalue weighted by atomic mass is 9.70. The third-order valence-electron chi connectivity index (χ3n) is 7.02. The SMILES string of the molecule is C[C@H]1CCCN(C(=O)COC(=O)c2c3c(nc4ccccc24)CC[C@H](C(C)(C)C)C3)C1. The van der Waals surface area contributed by atoms with Crippen LogP contribution in [0.4, 0.5) is 0 Å². The van der Waals surface area contributed by atoms with Gasteiger partial charge in [-0.25, -0.2) is 4.79 Å². The Labute approximate surface area is 185 Å². The van der Waals surface area contributed by atoms with E-state index in [1.54, 1.807) is 0 Å². The normalized spacial score (nSPS) is 21.6. The molecule has 0 N–H and O–H groups in total. The molecule has 1 amide bonds. The number of carbonyl (C=O) groups is 2. The molecule has 0 radical (unpaired) electrons. The Hall–Kier alpha value is -2.43. The van der Waals surface area contributed by atoms with Crippen molar-refractivity contribution in [2.24, 2.45) is 17.3 Å². The molecule has 5 nitrogen and oxygen atoms in total. The zero-order chi connectivity index (χ0) is 22.2. The maximum Gasteiger partial charge on any atom is 0.339 e. The summed E-state index contributed by atoms with van der Waals surface area (Å²) >= 11 is 0. The lowest BCUT2D eigenvalue weighted by molar-refractivity contribution is -0.136. The zero-order valence-electron chi connectivity index (χ0n) is 19.2. The number of aryl methyl sites for hydroxylation is 1. The molecule has 1 aliphatic carbocycles. The van der Waals surface area contributed by atoms with Crippen molar-refractivity contribution in [2.75, 3.05) is 19.7 Å². The van der Waals surface area contributed by atoms with Crippen molar-refractivity contribution in [3.63, 3.8) is 0 Å². The minimum atomic E-state index is -0.400. The van der Waals surface area contributed by atoms with Gasteiger partial charge < -0.3 is 9.64 Å². The van der Waals surface area contributed by atoms with E-state index >= 15 is 0 Å². The number of fused-ring (bicyclic) bond motifs is 2. The molecule has 2 atom stereocenters. The van der Waals surface area contributed by atoms with Gasteiger partial charge in [0.25, 0.3) is 5.91 Å². The highest BCUT2D eigenvalue weighted by molar-refractivity contribution is 6.05. The summed E-state index contributed by atoms with van der Waals surface area (Å²) in [5.74, 6) is 0.479. The molecule has 2 heterocycles. The molecule has 0 saturated carbocycles. The number of esters is 1. The summed E-state index contributed by atoms with van der Waals surface area (Å²) in [5.41, 5.74) is 3.59. The lowest BCUT2D eigenvalue weighted by Gasteiger charge is -2.35. The Bertz CT molecular complexity index is 992. The van der Waals surface area contributed by atoms with Crippen molar-refractivity contribution in [1.29, 1.82) is 0 Å². The second-order valence-electron chi connectivity index (χ2n) is 10.4. The van der Waals surface area contributed by atoms with Gasteiger partial charge in [0.15, 0.2) is 6.61 Å². The number of ether oxygens (including phenoxy) is 1. The molecule has 1 saturated heterocycles. The van der Waals surface area contributed by atoms with Crippen LogP contribution in [0.25, 0.3) is 10.9 Å². The molecule has 2 aromatic rings. The minimum absolute atomic E-state index is 0.0975. The van der Waals surface area contributed by atoms with Crippen LogP contribution in [-0.4, -0.2) is 41.5 Å². The predicted molar refractivity (Wildman–Crippen MR) is 122 cm³/mol. The number of carbonyl (C=O) groups excluding carboxylic acids is 2. The number of benzene rings is 1. The summed E-state index contributed by atoms with van der Waals surface area (Å²) in [6.07, 6.45) is 4.92. The average molecular weight is 423 g/mol. The summed E-state index contributed by atoms with van der Waals surface area (Å²) in [5, 5.41) is 0.819. The first-order valence-electron chi connectivity index (χ1n) is 11.6. The molecule has 1 fully saturated rings. The van der Waals surface area contributed by atoms with Gasteiger partial charge in [-0.2, -0.15) is 0 Å². The number of amides is 1. The summed E-state index contributed by atoms with van der Waals surface area (Å²) < 4.78 is 5.62. The molecule has 1 aliphatic heterocycles. The van der Waals surface area contributed by atoms with Crippen molar-refractivity contribution >= 4 is 22.8 Å². The summed E-state index contributed by atoms with van der Waals surface area (Å²) in [4.78, 5) is 32.7. The number of likely N-dealkylation sites (tertiary alicyclic amines) is 1. The molecule has 0 bridgehead atoms. The smallest absolute Gasteiger partial charge is 0.339 e. The fourth-order valence-corrected chi connectivity index (χ4v) is 5.07. The number of pyridine rings is 1. The Morgan fingerprint density at radius 1 is 1.19 bits per heavy atom. The van der Waals surface area contributed by atoms with Gasteiger partial charge >= 0.3 is 5.97 Å². The maximum absolute atomic E-state index is 13.3. The van der Waals surface area contributed by atoms with E-state index in [9.17, 15) is 9.59 Å². The van der Waals surface area contributed by atoms with Crippen molar-refractivity contribution in [1.82, 2.24) is 9.88 Å². The summed E-state index contributed by atoms with van der Waals surface area (Å²) in [6.45, 7) is 10.2. The number of hydrogen-bond donors (Lipinski definition) is 0. The first-order valence-corrected chi connectivity index (χ1v) is 11.6. The Morgan fingerprint density at radius 2 is 1.97 bits per heavy atom. The van der Waals surface area contributed by atoms with Crippen LogP contribution >= 0.6 is 0 Å². The highest BCUT2D eigenvalue weighted by atomic mass is 16.5. The van der Waals surface area contributed by atoms with Crippen LogP contribution in [0.3, 0.4) is 0 Å². The van der Waals surface area contributed by atoms with E-state index in [4.69, 9.17) is 9.72 Å². The largest absolute Gasteiger partial charge is 0.452 e. The van der Waals surface area contributed by atoms with Crippen LogP contribution in [0.1, 0.15) is 68.6 Å². The van der Waals surface area contributed by atoms with Gasteiger partial charge in [-0.05, 0) is 61.0 Å². The maximum atomic E-state index is 13.3. The molecular formula is C26H34N2O3. The highest BCUT2D eigenvalue weighted by Crippen LogP contribution is 2.39. The molecule has 4 rings (SSSR count). The van der Waals surface area contributed by atoms with E-state index in [0.29, 0.717) is 17.4 Å². The van der Waals surface area contributed by atoms with Gasteiger partial charge in [-0.1, -0.05) is 45.9 Å². The standard InChI is InChI=1S/C26H34N2O3/c1-17-8-7-13-28(15-17)23(29)16-31-25(30)24-19-9-5-6-10-21(19)27-22-12-11-18(14-20(22)24)26(2,3)4/h5-6,9-10,17-18H,7-8,11-16H2,1-4H3/t17-,18-/m0/s1. The quantitative estimate of drug-likeness (QED) is 0.667. The molecule has 31 heavy (non-hydrogen) atoms. The van der Waals surface area contributed by atoms with E-state index in [-0.39, 0.29) is 17.9 Å². The van der Waals surface area contributed by atoms with E-state index < -0.39 is 5.97 Å². The summed E-state index contributed by atoms with van der Waals surface area (Å²) in [7, 11) is 0. The molecule has 2 aliphatic rings. The Balaban J connectivity index is 1.61. The van der Waals surface area contributed by atoms with Gasteiger partial charge in [0, 0.05) is 24.2 Å². The molecule has 0 unspecified atom stereocenters. The van der Waals surface area contributed by atoms with Crippen molar-refractivity contribution in [2.45, 2.75) is 59.8 Å². The number of piperidine rings is 1. The Morgan fingerprint density at radius 3 is 2.71 bits per heavy atom. The van der Waals surface area contributed by atoms with Gasteiger partial charge in [0.1, 0.15) is 0 Å². The van der Waals surface area contributed by atoms with E-state index in [1.165, 1.54) is 0 Å². The number of aromatic nitrogens is 1. The van der Waals surface area contributed by atoms with Gasteiger partial charge in [0.05, 0.1) is 11.1 Å². The van der Waals surface area contributed by atoms with E-state index in [2.05, 4.69) is 27.7 Å². The molecule has 1 aromatic carbocycles. The monoisotopic (exact) mass is 422 g/mol. The minimum Gasteiger partial charge on any atom is -0.452 e. The van der Waals surface area contributed by atoms with E-state index in [0.717, 1.165) is 67.4 Å². The molecular weight excluding hydrogens is 388 g/mol. The van der Waals surface area contributed by atoms with Crippen LogP contribution in [0.5, 0.6) is 0 Å². The van der Waals surface area contributed by atoms with Crippen LogP contribution in [0.15, 0.2) is 24.3 Å².